The molecule has 0 amide bonds. The third kappa shape index (κ3) is 5.45. The van der Waals surface area contributed by atoms with Crippen molar-refractivity contribution in [1.82, 2.24) is 5.32 Å². The minimum Gasteiger partial charge on any atom is -0.434 e. The molecule has 0 aromatic heterocycles. The molecule has 0 saturated carbocycles. The molecule has 0 spiro atoms. The number of rotatable bonds is 9. The molecule has 1 aromatic rings. The summed E-state index contributed by atoms with van der Waals surface area (Å²) in [6, 6.07) is 7.12. The first-order valence-electron chi connectivity index (χ1n) is 7.35. The van der Waals surface area contributed by atoms with Crippen LogP contribution in [0, 0.1) is 5.92 Å². The van der Waals surface area contributed by atoms with Crippen molar-refractivity contribution in [3.05, 3.63) is 29.8 Å². The molecule has 0 heterocycles. The van der Waals surface area contributed by atoms with Crippen molar-refractivity contribution in [1.29, 1.82) is 0 Å². The maximum absolute atomic E-state index is 12.5. The summed E-state index contributed by atoms with van der Waals surface area (Å²) in [6.45, 7) is 4.49. The molecular formula is C16H25F2NO. The molecule has 20 heavy (non-hydrogen) atoms. The molecule has 1 rings (SSSR count). The first-order chi connectivity index (χ1) is 9.58. The Morgan fingerprint density at radius 1 is 1.20 bits per heavy atom. The normalized spacial score (nSPS) is 14.3. The Morgan fingerprint density at radius 2 is 1.90 bits per heavy atom. The lowest BCUT2D eigenvalue weighted by molar-refractivity contribution is -0.0507. The molecule has 0 aliphatic heterocycles. The Balaban J connectivity index is 2.93. The van der Waals surface area contributed by atoms with E-state index in [0.717, 1.165) is 31.4 Å². The van der Waals surface area contributed by atoms with Crippen LogP contribution in [0.25, 0.3) is 0 Å². The molecule has 2 atom stereocenters. The van der Waals surface area contributed by atoms with E-state index in [1.165, 1.54) is 0 Å². The van der Waals surface area contributed by atoms with Crippen LogP contribution in [0.15, 0.2) is 24.3 Å². The Bertz CT molecular complexity index is 384. The molecule has 114 valence electrons. The number of halogens is 2. The van der Waals surface area contributed by atoms with Crippen molar-refractivity contribution in [2.75, 3.05) is 6.54 Å². The van der Waals surface area contributed by atoms with Crippen LogP contribution in [-0.2, 0) is 0 Å². The van der Waals surface area contributed by atoms with Gasteiger partial charge in [-0.05, 0) is 31.4 Å². The molecule has 1 aromatic carbocycles. The summed E-state index contributed by atoms with van der Waals surface area (Å²) in [4.78, 5) is 0. The van der Waals surface area contributed by atoms with Crippen molar-refractivity contribution in [3.8, 4) is 5.75 Å². The third-order valence-corrected chi connectivity index (χ3v) is 3.49. The van der Waals surface area contributed by atoms with Crippen molar-refractivity contribution in [3.63, 3.8) is 0 Å². The molecule has 2 unspecified atom stereocenters. The Labute approximate surface area is 120 Å². The van der Waals surface area contributed by atoms with E-state index in [9.17, 15) is 8.78 Å². The second kappa shape index (κ2) is 8.90. The highest BCUT2D eigenvalue weighted by molar-refractivity contribution is 5.36. The molecule has 0 aliphatic carbocycles. The monoisotopic (exact) mass is 285 g/mol. The predicted molar refractivity (Wildman–Crippen MR) is 78.2 cm³/mol. The minimum absolute atomic E-state index is 0.0554. The first kappa shape index (κ1) is 16.9. The number of para-hydroxylation sites is 1. The lowest BCUT2D eigenvalue weighted by atomic mass is 9.93. The molecule has 0 fully saturated rings. The van der Waals surface area contributed by atoms with Gasteiger partial charge in [0, 0.05) is 11.6 Å². The smallest absolute Gasteiger partial charge is 0.387 e. The van der Waals surface area contributed by atoms with Gasteiger partial charge in [0.15, 0.2) is 0 Å². The summed E-state index contributed by atoms with van der Waals surface area (Å²) in [6.07, 6.45) is 3.00. The average Bonchev–Trinajstić information content (AvgIpc) is 2.43. The molecular weight excluding hydrogens is 260 g/mol. The van der Waals surface area contributed by atoms with Crippen LogP contribution in [-0.4, -0.2) is 13.2 Å². The van der Waals surface area contributed by atoms with Gasteiger partial charge in [-0.3, -0.25) is 0 Å². The van der Waals surface area contributed by atoms with Gasteiger partial charge in [0.05, 0.1) is 0 Å². The lowest BCUT2D eigenvalue weighted by Crippen LogP contribution is -2.24. The van der Waals surface area contributed by atoms with Crippen LogP contribution in [0.5, 0.6) is 5.75 Å². The maximum atomic E-state index is 12.5. The lowest BCUT2D eigenvalue weighted by Gasteiger charge is -2.24. The Morgan fingerprint density at radius 3 is 2.50 bits per heavy atom. The molecule has 0 radical (unpaired) electrons. The molecule has 0 aliphatic rings. The topological polar surface area (TPSA) is 21.3 Å². The molecule has 0 saturated heterocycles. The zero-order valence-electron chi connectivity index (χ0n) is 12.5. The van der Waals surface area contributed by atoms with Gasteiger partial charge >= 0.3 is 6.61 Å². The second-order valence-electron chi connectivity index (χ2n) is 5.17. The zero-order chi connectivity index (χ0) is 15.0. The summed E-state index contributed by atoms with van der Waals surface area (Å²) in [5.41, 5.74) is 0.821. The van der Waals surface area contributed by atoms with Gasteiger partial charge in [-0.2, -0.15) is 8.78 Å². The van der Waals surface area contributed by atoms with Crippen molar-refractivity contribution < 1.29 is 13.5 Å². The highest BCUT2D eigenvalue weighted by atomic mass is 19.3. The third-order valence-electron chi connectivity index (χ3n) is 3.49. The molecule has 1 N–H and O–H groups in total. The van der Waals surface area contributed by atoms with E-state index in [-0.39, 0.29) is 11.8 Å². The predicted octanol–water partition coefficient (Wildman–Crippen LogP) is 4.76. The number of ether oxygens (including phenoxy) is 1. The van der Waals surface area contributed by atoms with E-state index >= 15 is 0 Å². The Kier molecular flexibility index (Phi) is 7.52. The Hall–Kier alpha value is -1.16. The second-order valence-corrected chi connectivity index (χ2v) is 5.17. The van der Waals surface area contributed by atoms with E-state index in [1.54, 1.807) is 12.1 Å². The summed E-state index contributed by atoms with van der Waals surface area (Å²) < 4.78 is 29.7. The number of hydrogen-bond acceptors (Lipinski definition) is 2. The largest absolute Gasteiger partial charge is 0.434 e. The van der Waals surface area contributed by atoms with E-state index in [1.807, 2.05) is 12.1 Å². The highest BCUT2D eigenvalue weighted by Gasteiger charge is 2.19. The van der Waals surface area contributed by atoms with Crippen molar-refractivity contribution in [2.24, 2.45) is 5.92 Å². The molecule has 2 nitrogen and oxygen atoms in total. The number of alkyl halides is 2. The van der Waals surface area contributed by atoms with Gasteiger partial charge in [-0.25, -0.2) is 0 Å². The van der Waals surface area contributed by atoms with Crippen LogP contribution >= 0.6 is 0 Å². The van der Waals surface area contributed by atoms with Crippen molar-refractivity contribution >= 4 is 0 Å². The van der Waals surface area contributed by atoms with Crippen LogP contribution < -0.4 is 10.1 Å². The van der Waals surface area contributed by atoms with E-state index < -0.39 is 6.61 Å². The number of hydrogen-bond donors (Lipinski definition) is 1. The summed E-state index contributed by atoms with van der Waals surface area (Å²) >= 11 is 0. The summed E-state index contributed by atoms with van der Waals surface area (Å²) in [5, 5.41) is 3.44. The summed E-state index contributed by atoms with van der Waals surface area (Å²) in [5.74, 6) is 0.809. The van der Waals surface area contributed by atoms with Crippen LogP contribution in [0.4, 0.5) is 8.78 Å². The van der Waals surface area contributed by atoms with Gasteiger partial charge in [-0.1, -0.05) is 45.4 Å². The maximum Gasteiger partial charge on any atom is 0.387 e. The quantitative estimate of drug-likeness (QED) is 0.706. The van der Waals surface area contributed by atoms with E-state index in [4.69, 9.17) is 0 Å². The first-order valence-corrected chi connectivity index (χ1v) is 7.35. The molecule has 0 bridgehead atoms. The summed E-state index contributed by atoms with van der Waals surface area (Å²) in [7, 11) is 0. The SMILES string of the molecule is CCCNC(CC(C)CC)c1ccccc1OC(F)F. The fourth-order valence-corrected chi connectivity index (χ4v) is 2.18. The van der Waals surface area contributed by atoms with Gasteiger partial charge in [0.25, 0.3) is 0 Å². The van der Waals surface area contributed by atoms with E-state index in [2.05, 4.69) is 30.8 Å². The van der Waals surface area contributed by atoms with Crippen LogP contribution in [0.1, 0.15) is 51.6 Å². The van der Waals surface area contributed by atoms with Crippen LogP contribution in [0.3, 0.4) is 0 Å². The average molecular weight is 285 g/mol. The van der Waals surface area contributed by atoms with Gasteiger partial charge in [-0.15, -0.1) is 0 Å². The van der Waals surface area contributed by atoms with Gasteiger partial charge in [0.2, 0.25) is 0 Å². The van der Waals surface area contributed by atoms with Crippen LogP contribution in [0.2, 0.25) is 0 Å². The van der Waals surface area contributed by atoms with Gasteiger partial charge < -0.3 is 10.1 Å². The standard InChI is InChI=1S/C16H25F2NO/c1-4-10-19-14(11-12(3)5-2)13-8-6-7-9-15(13)20-16(17)18/h6-9,12,14,16,19H,4-5,10-11H2,1-3H3. The molecule has 4 heteroatoms. The van der Waals surface area contributed by atoms with Crippen molar-refractivity contribution in [2.45, 2.75) is 52.7 Å². The fourth-order valence-electron chi connectivity index (χ4n) is 2.18. The zero-order valence-corrected chi connectivity index (χ0v) is 12.5. The van der Waals surface area contributed by atoms with E-state index in [0.29, 0.717) is 5.92 Å². The number of nitrogens with one attached hydrogen (secondary N) is 1. The minimum atomic E-state index is -2.79. The fraction of sp³-hybridized carbons (Fsp3) is 0.625. The number of benzene rings is 1. The van der Waals surface area contributed by atoms with Gasteiger partial charge in [0.1, 0.15) is 5.75 Å². The highest BCUT2D eigenvalue weighted by Crippen LogP contribution is 2.31.